The summed E-state index contributed by atoms with van der Waals surface area (Å²) in [5.74, 6) is 1.27. The molecule has 1 atom stereocenters. The molecule has 1 saturated carbocycles. The standard InChI is InChI=1S/C17H26N4O2/c1-17(2)9-12(7-8-23-17)20-16(22)13-10-19-15(21-14(13)18)11-5-3-4-6-11/h10-12H,3-9H2,1-2H3,(H,20,22)(H2,18,19,21)/t12-/m0/s1. The molecule has 1 saturated heterocycles. The lowest BCUT2D eigenvalue weighted by atomic mass is 9.94. The van der Waals surface area contributed by atoms with Crippen molar-refractivity contribution in [3.8, 4) is 0 Å². The monoisotopic (exact) mass is 318 g/mol. The Morgan fingerprint density at radius 3 is 2.74 bits per heavy atom. The fraction of sp³-hybridized carbons (Fsp3) is 0.706. The summed E-state index contributed by atoms with van der Waals surface area (Å²) in [6.45, 7) is 4.74. The number of nitrogens with two attached hydrogens (primary N) is 1. The lowest BCUT2D eigenvalue weighted by Gasteiger charge is -2.35. The molecule has 1 aliphatic carbocycles. The van der Waals surface area contributed by atoms with E-state index in [0.717, 1.165) is 31.5 Å². The number of hydrogen-bond acceptors (Lipinski definition) is 5. The number of carbonyl (C=O) groups is 1. The Bertz CT molecular complexity index is 582. The highest BCUT2D eigenvalue weighted by Gasteiger charge is 2.30. The van der Waals surface area contributed by atoms with E-state index in [2.05, 4.69) is 15.3 Å². The topological polar surface area (TPSA) is 90.1 Å². The molecule has 6 nitrogen and oxygen atoms in total. The van der Waals surface area contributed by atoms with Gasteiger partial charge in [0.25, 0.3) is 5.91 Å². The summed E-state index contributed by atoms with van der Waals surface area (Å²) < 4.78 is 5.68. The van der Waals surface area contributed by atoms with Gasteiger partial charge in [-0.1, -0.05) is 12.8 Å². The van der Waals surface area contributed by atoms with Crippen LogP contribution in [0.2, 0.25) is 0 Å². The maximum Gasteiger partial charge on any atom is 0.256 e. The van der Waals surface area contributed by atoms with Gasteiger partial charge < -0.3 is 15.8 Å². The molecule has 0 bridgehead atoms. The molecule has 1 amide bonds. The second-order valence-electron chi connectivity index (χ2n) is 7.28. The predicted molar refractivity (Wildman–Crippen MR) is 88.2 cm³/mol. The molecule has 3 rings (SSSR count). The zero-order valence-electron chi connectivity index (χ0n) is 14.0. The average molecular weight is 318 g/mol. The number of rotatable bonds is 3. The first-order chi connectivity index (χ1) is 10.9. The molecule has 6 heteroatoms. The number of nitrogens with zero attached hydrogens (tertiary/aromatic N) is 2. The van der Waals surface area contributed by atoms with E-state index in [1.807, 2.05) is 13.8 Å². The molecule has 0 radical (unpaired) electrons. The van der Waals surface area contributed by atoms with E-state index >= 15 is 0 Å². The third kappa shape index (κ3) is 3.80. The summed E-state index contributed by atoms with van der Waals surface area (Å²) in [5, 5.41) is 3.04. The average Bonchev–Trinajstić information content (AvgIpc) is 3.00. The van der Waals surface area contributed by atoms with Gasteiger partial charge in [0, 0.05) is 24.8 Å². The summed E-state index contributed by atoms with van der Waals surface area (Å²) >= 11 is 0. The highest BCUT2D eigenvalue weighted by Crippen LogP contribution is 2.32. The van der Waals surface area contributed by atoms with Crippen LogP contribution in [0.3, 0.4) is 0 Å². The molecule has 23 heavy (non-hydrogen) atoms. The molecule has 0 spiro atoms. The number of amides is 1. The van der Waals surface area contributed by atoms with Crippen molar-refractivity contribution in [3.63, 3.8) is 0 Å². The number of carbonyl (C=O) groups excluding carboxylic acids is 1. The van der Waals surface area contributed by atoms with Crippen molar-refractivity contribution in [2.24, 2.45) is 0 Å². The minimum atomic E-state index is -0.204. The van der Waals surface area contributed by atoms with Crippen molar-refractivity contribution in [2.45, 2.75) is 69.9 Å². The summed E-state index contributed by atoms with van der Waals surface area (Å²) in [7, 11) is 0. The first kappa shape index (κ1) is 16.2. The summed E-state index contributed by atoms with van der Waals surface area (Å²) in [5.41, 5.74) is 6.18. The second-order valence-corrected chi connectivity index (χ2v) is 7.28. The van der Waals surface area contributed by atoms with Gasteiger partial charge in [0.1, 0.15) is 11.6 Å². The van der Waals surface area contributed by atoms with E-state index in [1.165, 1.54) is 12.8 Å². The third-order valence-corrected chi connectivity index (χ3v) is 4.83. The number of nitrogen functional groups attached to an aromatic ring is 1. The first-order valence-electron chi connectivity index (χ1n) is 8.52. The molecular formula is C17H26N4O2. The van der Waals surface area contributed by atoms with Gasteiger partial charge >= 0.3 is 0 Å². The Morgan fingerprint density at radius 2 is 2.09 bits per heavy atom. The maximum absolute atomic E-state index is 12.5. The lowest BCUT2D eigenvalue weighted by Crippen LogP contribution is -2.46. The Morgan fingerprint density at radius 1 is 1.35 bits per heavy atom. The van der Waals surface area contributed by atoms with Gasteiger partial charge in [-0.15, -0.1) is 0 Å². The van der Waals surface area contributed by atoms with Crippen LogP contribution in [-0.2, 0) is 4.74 Å². The Labute approximate surface area is 137 Å². The Balaban J connectivity index is 1.67. The zero-order chi connectivity index (χ0) is 16.4. The Hall–Kier alpha value is -1.69. The fourth-order valence-corrected chi connectivity index (χ4v) is 3.58. The van der Waals surface area contributed by atoms with Crippen molar-refractivity contribution < 1.29 is 9.53 Å². The van der Waals surface area contributed by atoms with E-state index in [0.29, 0.717) is 18.1 Å². The molecule has 2 fully saturated rings. The van der Waals surface area contributed by atoms with Crippen molar-refractivity contribution in [1.82, 2.24) is 15.3 Å². The SMILES string of the molecule is CC1(C)C[C@@H](NC(=O)c2cnc(C3CCCC3)nc2N)CCO1. The smallest absolute Gasteiger partial charge is 0.256 e. The molecule has 1 aromatic heterocycles. The third-order valence-electron chi connectivity index (χ3n) is 4.83. The van der Waals surface area contributed by atoms with E-state index in [9.17, 15) is 4.79 Å². The quantitative estimate of drug-likeness (QED) is 0.893. The first-order valence-corrected chi connectivity index (χ1v) is 8.52. The summed E-state index contributed by atoms with van der Waals surface area (Å²) in [6.07, 6.45) is 7.85. The fourth-order valence-electron chi connectivity index (χ4n) is 3.58. The van der Waals surface area contributed by atoms with Gasteiger partial charge in [0.15, 0.2) is 0 Å². The molecule has 3 N–H and O–H groups in total. The molecule has 0 aromatic carbocycles. The van der Waals surface area contributed by atoms with Gasteiger partial charge in [0.05, 0.1) is 11.2 Å². The summed E-state index contributed by atoms with van der Waals surface area (Å²) in [4.78, 5) is 21.2. The zero-order valence-corrected chi connectivity index (χ0v) is 14.0. The van der Waals surface area contributed by atoms with E-state index < -0.39 is 0 Å². The predicted octanol–water partition coefficient (Wildman–Crippen LogP) is 2.40. The number of ether oxygens (including phenoxy) is 1. The maximum atomic E-state index is 12.5. The van der Waals surface area contributed by atoms with Crippen LogP contribution in [0.1, 0.15) is 74.5 Å². The van der Waals surface area contributed by atoms with Gasteiger partial charge in [0.2, 0.25) is 0 Å². The van der Waals surface area contributed by atoms with Crippen LogP contribution in [0.25, 0.3) is 0 Å². The van der Waals surface area contributed by atoms with Crippen molar-refractivity contribution in [1.29, 1.82) is 0 Å². The van der Waals surface area contributed by atoms with E-state index in [-0.39, 0.29) is 23.4 Å². The normalized spacial score (nSPS) is 24.5. The van der Waals surface area contributed by atoms with Crippen LogP contribution in [0, 0.1) is 0 Å². The number of aromatic nitrogens is 2. The van der Waals surface area contributed by atoms with Crippen LogP contribution >= 0.6 is 0 Å². The summed E-state index contributed by atoms with van der Waals surface area (Å²) in [6, 6.07) is 0.0974. The molecule has 1 aliphatic heterocycles. The number of nitrogens with one attached hydrogen (secondary N) is 1. The van der Waals surface area contributed by atoms with Crippen LogP contribution in [0.4, 0.5) is 5.82 Å². The number of anilines is 1. The minimum absolute atomic E-state index is 0.0974. The second kappa shape index (κ2) is 6.43. The van der Waals surface area contributed by atoms with E-state index in [4.69, 9.17) is 10.5 Å². The van der Waals surface area contributed by atoms with Gasteiger partial charge in [-0.2, -0.15) is 0 Å². The molecule has 2 heterocycles. The molecule has 1 aromatic rings. The van der Waals surface area contributed by atoms with Crippen LogP contribution < -0.4 is 11.1 Å². The largest absolute Gasteiger partial charge is 0.383 e. The van der Waals surface area contributed by atoms with Crippen LogP contribution in [-0.4, -0.2) is 34.1 Å². The van der Waals surface area contributed by atoms with E-state index in [1.54, 1.807) is 6.20 Å². The van der Waals surface area contributed by atoms with Gasteiger partial charge in [-0.3, -0.25) is 4.79 Å². The van der Waals surface area contributed by atoms with Crippen molar-refractivity contribution in [2.75, 3.05) is 12.3 Å². The van der Waals surface area contributed by atoms with Crippen LogP contribution in [0.15, 0.2) is 6.20 Å². The van der Waals surface area contributed by atoms with Crippen LogP contribution in [0.5, 0.6) is 0 Å². The minimum Gasteiger partial charge on any atom is -0.383 e. The highest BCUT2D eigenvalue weighted by molar-refractivity contribution is 5.98. The molecule has 126 valence electrons. The number of hydrogen-bond donors (Lipinski definition) is 2. The van der Waals surface area contributed by atoms with Gasteiger partial charge in [-0.25, -0.2) is 9.97 Å². The molecule has 2 aliphatic rings. The van der Waals surface area contributed by atoms with Gasteiger partial charge in [-0.05, 0) is 39.5 Å². The molecule has 0 unspecified atom stereocenters. The van der Waals surface area contributed by atoms with Crippen molar-refractivity contribution in [3.05, 3.63) is 17.6 Å². The Kier molecular flexibility index (Phi) is 4.53. The molecular weight excluding hydrogens is 292 g/mol. The highest BCUT2D eigenvalue weighted by atomic mass is 16.5. The lowest BCUT2D eigenvalue weighted by molar-refractivity contribution is -0.0615. The van der Waals surface area contributed by atoms with Crippen molar-refractivity contribution >= 4 is 11.7 Å².